The predicted molar refractivity (Wildman–Crippen MR) is 88.6 cm³/mol. The summed E-state index contributed by atoms with van der Waals surface area (Å²) in [6.07, 6.45) is 1.28. The van der Waals surface area contributed by atoms with Gasteiger partial charge in [0.15, 0.2) is 0 Å². The van der Waals surface area contributed by atoms with E-state index >= 15 is 0 Å². The maximum absolute atomic E-state index is 12.4. The summed E-state index contributed by atoms with van der Waals surface area (Å²) in [7, 11) is 0. The molecule has 23 heavy (non-hydrogen) atoms. The summed E-state index contributed by atoms with van der Waals surface area (Å²) in [5, 5.41) is 6.91. The molecule has 0 spiro atoms. The molecule has 0 aliphatic carbocycles. The number of ether oxygens (including phenoxy) is 1. The molecule has 1 aromatic heterocycles. The van der Waals surface area contributed by atoms with Crippen LogP contribution in [0.3, 0.4) is 0 Å². The molecule has 5 heteroatoms. The molecule has 2 aromatic carbocycles. The van der Waals surface area contributed by atoms with Crippen molar-refractivity contribution in [2.45, 2.75) is 13.0 Å². The Balaban J connectivity index is 1.75. The number of rotatable bonds is 4. The van der Waals surface area contributed by atoms with Crippen LogP contribution in [0.4, 0.5) is 10.5 Å². The molecule has 1 amide bonds. The molecule has 116 valence electrons. The number of para-hydroxylation sites is 2. The third-order valence-corrected chi connectivity index (χ3v) is 3.36. The monoisotopic (exact) mass is 307 g/mol. The van der Waals surface area contributed by atoms with Crippen LogP contribution in [0.25, 0.3) is 0 Å². The van der Waals surface area contributed by atoms with E-state index in [-0.39, 0.29) is 12.1 Å². The molecule has 5 nitrogen and oxygen atoms in total. The minimum Gasteiger partial charge on any atom is -0.484 e. The molecule has 0 saturated carbocycles. The van der Waals surface area contributed by atoms with Gasteiger partial charge >= 0.3 is 6.03 Å². The Morgan fingerprint density at radius 2 is 1.70 bits per heavy atom. The van der Waals surface area contributed by atoms with Crippen molar-refractivity contribution >= 4 is 11.7 Å². The zero-order chi connectivity index (χ0) is 16.1. The zero-order valence-electron chi connectivity index (χ0n) is 12.7. The quantitative estimate of drug-likeness (QED) is 0.789. The van der Waals surface area contributed by atoms with Crippen molar-refractivity contribution in [3.05, 3.63) is 78.6 Å². The van der Waals surface area contributed by atoms with E-state index in [2.05, 4.69) is 10.4 Å². The molecule has 0 saturated heterocycles. The van der Waals surface area contributed by atoms with Gasteiger partial charge < -0.3 is 10.1 Å². The average molecular weight is 307 g/mol. The number of amides is 1. The Kier molecular flexibility index (Phi) is 4.38. The van der Waals surface area contributed by atoms with E-state index < -0.39 is 0 Å². The highest BCUT2D eigenvalue weighted by molar-refractivity contribution is 5.90. The van der Waals surface area contributed by atoms with Crippen LogP contribution in [0.1, 0.15) is 18.7 Å². The lowest BCUT2D eigenvalue weighted by molar-refractivity contribution is 0.212. The SMILES string of the molecule is CC(Oc1ccccc1)c1ccnn1C(=O)Nc1ccccc1. The molecule has 0 aliphatic rings. The molecule has 1 N–H and O–H groups in total. The highest BCUT2D eigenvalue weighted by Crippen LogP contribution is 2.21. The van der Waals surface area contributed by atoms with Crippen molar-refractivity contribution < 1.29 is 9.53 Å². The van der Waals surface area contributed by atoms with E-state index in [1.165, 1.54) is 4.68 Å². The number of carbonyl (C=O) groups excluding carboxylic acids is 1. The lowest BCUT2D eigenvalue weighted by Crippen LogP contribution is -2.24. The van der Waals surface area contributed by atoms with Crippen LogP contribution < -0.4 is 10.1 Å². The van der Waals surface area contributed by atoms with Crippen molar-refractivity contribution in [2.75, 3.05) is 5.32 Å². The van der Waals surface area contributed by atoms with Crippen LogP contribution in [0.5, 0.6) is 5.75 Å². The number of carbonyl (C=O) groups is 1. The van der Waals surface area contributed by atoms with Gasteiger partial charge in [-0.3, -0.25) is 0 Å². The zero-order valence-corrected chi connectivity index (χ0v) is 12.7. The van der Waals surface area contributed by atoms with Crippen molar-refractivity contribution in [3.63, 3.8) is 0 Å². The Labute approximate surface area is 134 Å². The number of aromatic nitrogens is 2. The summed E-state index contributed by atoms with van der Waals surface area (Å²) in [5.74, 6) is 0.746. The average Bonchev–Trinajstić information content (AvgIpc) is 3.06. The topological polar surface area (TPSA) is 56.2 Å². The standard InChI is InChI=1S/C18H17N3O2/c1-14(23-16-10-6-3-7-11-16)17-12-13-19-21(17)18(22)20-15-8-4-2-5-9-15/h2-14H,1H3,(H,20,22). The lowest BCUT2D eigenvalue weighted by Gasteiger charge is -2.16. The fourth-order valence-corrected chi connectivity index (χ4v) is 2.25. The second-order valence-electron chi connectivity index (χ2n) is 5.04. The van der Waals surface area contributed by atoms with E-state index in [9.17, 15) is 4.79 Å². The lowest BCUT2D eigenvalue weighted by atomic mass is 10.2. The fraction of sp³-hybridized carbons (Fsp3) is 0.111. The third-order valence-electron chi connectivity index (χ3n) is 3.36. The number of anilines is 1. The fourth-order valence-electron chi connectivity index (χ4n) is 2.25. The van der Waals surface area contributed by atoms with E-state index in [0.717, 1.165) is 11.4 Å². The molecule has 0 bridgehead atoms. The first-order chi connectivity index (χ1) is 11.2. The third kappa shape index (κ3) is 3.58. The second-order valence-corrected chi connectivity index (χ2v) is 5.04. The summed E-state index contributed by atoms with van der Waals surface area (Å²) in [6, 6.07) is 20.2. The summed E-state index contributed by atoms with van der Waals surface area (Å²) in [6.45, 7) is 1.89. The normalized spacial score (nSPS) is 11.7. The number of hydrogen-bond donors (Lipinski definition) is 1. The second kappa shape index (κ2) is 6.79. The number of nitrogens with one attached hydrogen (secondary N) is 1. The molecule has 1 unspecified atom stereocenters. The van der Waals surface area contributed by atoms with Crippen LogP contribution in [-0.2, 0) is 0 Å². The van der Waals surface area contributed by atoms with E-state index in [1.807, 2.05) is 67.6 Å². The summed E-state index contributed by atoms with van der Waals surface area (Å²) in [5.41, 5.74) is 1.40. The van der Waals surface area contributed by atoms with Crippen LogP contribution in [0.15, 0.2) is 72.9 Å². The van der Waals surface area contributed by atoms with Crippen LogP contribution in [0.2, 0.25) is 0 Å². The van der Waals surface area contributed by atoms with E-state index in [0.29, 0.717) is 5.69 Å². The van der Waals surface area contributed by atoms with Crippen molar-refractivity contribution in [3.8, 4) is 5.75 Å². The van der Waals surface area contributed by atoms with Crippen molar-refractivity contribution in [1.82, 2.24) is 9.78 Å². The molecule has 0 fully saturated rings. The summed E-state index contributed by atoms with van der Waals surface area (Å²) in [4.78, 5) is 12.4. The van der Waals surface area contributed by atoms with Crippen LogP contribution in [-0.4, -0.2) is 15.8 Å². The first-order valence-corrected chi connectivity index (χ1v) is 7.36. The summed E-state index contributed by atoms with van der Waals surface area (Å²) >= 11 is 0. The van der Waals surface area contributed by atoms with Gasteiger partial charge in [0.2, 0.25) is 0 Å². The first-order valence-electron chi connectivity index (χ1n) is 7.36. The maximum atomic E-state index is 12.4. The van der Waals surface area contributed by atoms with Crippen molar-refractivity contribution in [2.24, 2.45) is 0 Å². The Morgan fingerprint density at radius 1 is 1.04 bits per heavy atom. The van der Waals surface area contributed by atoms with E-state index in [4.69, 9.17) is 4.74 Å². The van der Waals surface area contributed by atoms with Gasteiger partial charge in [-0.05, 0) is 37.3 Å². The molecule has 1 heterocycles. The minimum atomic E-state index is -0.320. The molecule has 3 rings (SSSR count). The van der Waals surface area contributed by atoms with Gasteiger partial charge in [0.1, 0.15) is 11.9 Å². The van der Waals surface area contributed by atoms with E-state index in [1.54, 1.807) is 12.3 Å². The minimum absolute atomic E-state index is 0.304. The highest BCUT2D eigenvalue weighted by Gasteiger charge is 2.17. The maximum Gasteiger partial charge on any atom is 0.346 e. The van der Waals surface area contributed by atoms with Gasteiger partial charge in [-0.25, -0.2) is 4.79 Å². The molecule has 0 aliphatic heterocycles. The van der Waals surface area contributed by atoms with Crippen LogP contribution >= 0.6 is 0 Å². The highest BCUT2D eigenvalue weighted by atomic mass is 16.5. The van der Waals surface area contributed by atoms with Gasteiger partial charge in [-0.1, -0.05) is 36.4 Å². The van der Waals surface area contributed by atoms with Gasteiger partial charge in [0.25, 0.3) is 0 Å². The number of nitrogens with zero attached hydrogens (tertiary/aromatic N) is 2. The van der Waals surface area contributed by atoms with Crippen molar-refractivity contribution in [1.29, 1.82) is 0 Å². The molecule has 1 atom stereocenters. The van der Waals surface area contributed by atoms with Gasteiger partial charge in [-0.15, -0.1) is 0 Å². The Morgan fingerprint density at radius 3 is 2.39 bits per heavy atom. The number of hydrogen-bond acceptors (Lipinski definition) is 3. The molecular weight excluding hydrogens is 290 g/mol. The molecule has 3 aromatic rings. The predicted octanol–water partition coefficient (Wildman–Crippen LogP) is 4.10. The summed E-state index contributed by atoms with van der Waals surface area (Å²) < 4.78 is 7.18. The molecular formula is C18H17N3O2. The van der Waals surface area contributed by atoms with Gasteiger partial charge in [0.05, 0.1) is 5.69 Å². The smallest absolute Gasteiger partial charge is 0.346 e. The first kappa shape index (κ1) is 14.8. The van der Waals surface area contributed by atoms with Gasteiger partial charge in [-0.2, -0.15) is 9.78 Å². The van der Waals surface area contributed by atoms with Crippen LogP contribution in [0, 0.1) is 0 Å². The number of benzene rings is 2. The Bertz CT molecular complexity index is 769. The van der Waals surface area contributed by atoms with Gasteiger partial charge in [0, 0.05) is 11.9 Å². The molecule has 0 radical (unpaired) electrons. The largest absolute Gasteiger partial charge is 0.484 e. The Hall–Kier alpha value is -3.08.